The molecule has 2 aromatic heterocycles. The summed E-state index contributed by atoms with van der Waals surface area (Å²) >= 11 is 3.43. The minimum absolute atomic E-state index is 0.285. The second-order valence-corrected chi connectivity index (χ2v) is 6.67. The largest absolute Gasteiger partial charge is 0.312 e. The van der Waals surface area contributed by atoms with E-state index in [1.165, 1.54) is 10.4 Å². The average molecular weight is 315 g/mol. The van der Waals surface area contributed by atoms with Crippen molar-refractivity contribution in [2.75, 3.05) is 7.05 Å². The van der Waals surface area contributed by atoms with E-state index in [9.17, 15) is 0 Å². The Kier molecular flexibility index (Phi) is 4.43. The van der Waals surface area contributed by atoms with E-state index >= 15 is 0 Å². The molecule has 0 aliphatic rings. The topological polar surface area (TPSA) is 37.8 Å². The zero-order valence-electron chi connectivity index (χ0n) is 12.0. The average Bonchev–Trinajstić information content (AvgIpc) is 3.15. The standard InChI is InChI=1S/C16H17N3S2/c1-11-16(21-10-18-11)13(17-2)8-15-19-14(9-20-15)12-6-4-3-5-7-12/h3-7,9-10,13,17H,8H2,1-2H3. The summed E-state index contributed by atoms with van der Waals surface area (Å²) < 4.78 is 0. The van der Waals surface area contributed by atoms with Crippen LogP contribution in [0.1, 0.15) is 21.6 Å². The van der Waals surface area contributed by atoms with Crippen molar-refractivity contribution < 1.29 is 0 Å². The highest BCUT2D eigenvalue weighted by Gasteiger charge is 2.17. The van der Waals surface area contributed by atoms with Crippen molar-refractivity contribution in [2.45, 2.75) is 19.4 Å². The van der Waals surface area contributed by atoms with E-state index in [-0.39, 0.29) is 6.04 Å². The summed E-state index contributed by atoms with van der Waals surface area (Å²) in [6.07, 6.45) is 0.900. The van der Waals surface area contributed by atoms with Gasteiger partial charge in [-0.05, 0) is 14.0 Å². The van der Waals surface area contributed by atoms with E-state index in [0.717, 1.165) is 22.8 Å². The van der Waals surface area contributed by atoms with Crippen molar-refractivity contribution >= 4 is 22.7 Å². The Morgan fingerprint density at radius 2 is 2.00 bits per heavy atom. The quantitative estimate of drug-likeness (QED) is 0.771. The van der Waals surface area contributed by atoms with Crippen LogP contribution >= 0.6 is 22.7 Å². The summed E-state index contributed by atoms with van der Waals surface area (Å²) in [5, 5.41) is 6.67. The van der Waals surface area contributed by atoms with Gasteiger partial charge < -0.3 is 5.32 Å². The number of nitrogens with one attached hydrogen (secondary N) is 1. The van der Waals surface area contributed by atoms with Gasteiger partial charge in [-0.25, -0.2) is 9.97 Å². The molecule has 0 aliphatic carbocycles. The lowest BCUT2D eigenvalue weighted by molar-refractivity contribution is 0.596. The molecule has 108 valence electrons. The number of hydrogen-bond donors (Lipinski definition) is 1. The van der Waals surface area contributed by atoms with Crippen LogP contribution in [0.5, 0.6) is 0 Å². The Labute approximate surface area is 132 Å². The molecular formula is C16H17N3S2. The molecule has 3 rings (SSSR count). The highest BCUT2D eigenvalue weighted by atomic mass is 32.1. The number of aromatic nitrogens is 2. The van der Waals surface area contributed by atoms with E-state index < -0.39 is 0 Å². The minimum atomic E-state index is 0.285. The highest BCUT2D eigenvalue weighted by molar-refractivity contribution is 7.10. The predicted molar refractivity (Wildman–Crippen MR) is 89.9 cm³/mol. The first kappa shape index (κ1) is 14.4. The summed E-state index contributed by atoms with van der Waals surface area (Å²) in [5.74, 6) is 0. The first-order chi connectivity index (χ1) is 10.3. The fourth-order valence-corrected chi connectivity index (χ4v) is 4.06. The number of aryl methyl sites for hydroxylation is 1. The molecule has 0 radical (unpaired) electrons. The molecule has 1 atom stereocenters. The predicted octanol–water partition coefficient (Wildman–Crippen LogP) is 4.08. The molecule has 0 aliphatic heterocycles. The molecule has 0 amide bonds. The normalized spacial score (nSPS) is 12.5. The van der Waals surface area contributed by atoms with Crippen molar-refractivity contribution in [3.63, 3.8) is 0 Å². The number of thiazole rings is 2. The molecule has 3 nitrogen and oxygen atoms in total. The van der Waals surface area contributed by atoms with Crippen LogP contribution in [-0.4, -0.2) is 17.0 Å². The third-order valence-electron chi connectivity index (χ3n) is 3.45. The Morgan fingerprint density at radius 1 is 1.19 bits per heavy atom. The third kappa shape index (κ3) is 3.20. The van der Waals surface area contributed by atoms with Crippen LogP contribution in [0, 0.1) is 6.92 Å². The Bertz CT molecular complexity index is 703. The van der Waals surface area contributed by atoms with Crippen LogP contribution in [0.4, 0.5) is 0 Å². The first-order valence-electron chi connectivity index (χ1n) is 6.85. The lowest BCUT2D eigenvalue weighted by Crippen LogP contribution is -2.18. The van der Waals surface area contributed by atoms with Gasteiger partial charge in [-0.1, -0.05) is 30.3 Å². The molecular weight excluding hydrogens is 298 g/mol. The lowest BCUT2D eigenvalue weighted by atomic mass is 10.1. The molecule has 0 spiro atoms. The van der Waals surface area contributed by atoms with E-state index in [1.807, 2.05) is 30.8 Å². The maximum Gasteiger partial charge on any atom is 0.0951 e. The zero-order valence-corrected chi connectivity index (χ0v) is 13.7. The molecule has 21 heavy (non-hydrogen) atoms. The highest BCUT2D eigenvalue weighted by Crippen LogP contribution is 2.28. The van der Waals surface area contributed by atoms with Gasteiger partial charge in [0.15, 0.2) is 0 Å². The van der Waals surface area contributed by atoms with Gasteiger partial charge in [0.2, 0.25) is 0 Å². The van der Waals surface area contributed by atoms with Crippen molar-refractivity contribution in [1.29, 1.82) is 0 Å². The van der Waals surface area contributed by atoms with Gasteiger partial charge in [-0.2, -0.15) is 0 Å². The molecule has 1 aromatic carbocycles. The smallest absolute Gasteiger partial charge is 0.0951 e. The van der Waals surface area contributed by atoms with Crippen LogP contribution < -0.4 is 5.32 Å². The van der Waals surface area contributed by atoms with Crippen molar-refractivity contribution in [3.05, 3.63) is 56.8 Å². The second kappa shape index (κ2) is 6.47. The maximum absolute atomic E-state index is 4.77. The first-order valence-corrected chi connectivity index (χ1v) is 8.61. The maximum atomic E-state index is 4.77. The molecule has 3 aromatic rings. The van der Waals surface area contributed by atoms with Crippen LogP contribution in [0.25, 0.3) is 11.3 Å². The third-order valence-corrected chi connectivity index (χ3v) is 5.36. The van der Waals surface area contributed by atoms with E-state index in [2.05, 4.69) is 34.7 Å². The molecule has 0 saturated heterocycles. The van der Waals surface area contributed by atoms with Crippen LogP contribution in [0.3, 0.4) is 0 Å². The number of rotatable bonds is 5. The second-order valence-electron chi connectivity index (χ2n) is 4.84. The van der Waals surface area contributed by atoms with Gasteiger partial charge in [0.05, 0.1) is 21.9 Å². The molecule has 2 heterocycles. The Balaban J connectivity index is 1.79. The summed E-state index contributed by atoms with van der Waals surface area (Å²) in [7, 11) is 2.00. The Hall–Kier alpha value is -1.56. The summed E-state index contributed by atoms with van der Waals surface area (Å²) in [4.78, 5) is 10.4. The van der Waals surface area contributed by atoms with Crippen LogP contribution in [0.15, 0.2) is 41.2 Å². The molecule has 0 bridgehead atoms. The summed E-state index contributed by atoms with van der Waals surface area (Å²) in [6.45, 7) is 2.06. The van der Waals surface area contributed by atoms with Crippen molar-refractivity contribution in [3.8, 4) is 11.3 Å². The summed E-state index contributed by atoms with van der Waals surface area (Å²) in [5.41, 5.74) is 5.26. The van der Waals surface area contributed by atoms with E-state index in [4.69, 9.17) is 4.98 Å². The number of hydrogen-bond acceptors (Lipinski definition) is 5. The molecule has 0 saturated carbocycles. The SMILES string of the molecule is CNC(Cc1nc(-c2ccccc2)cs1)c1scnc1C. The van der Waals surface area contributed by atoms with Gasteiger partial charge >= 0.3 is 0 Å². The lowest BCUT2D eigenvalue weighted by Gasteiger charge is -2.13. The minimum Gasteiger partial charge on any atom is -0.312 e. The fraction of sp³-hybridized carbons (Fsp3) is 0.250. The molecule has 1 unspecified atom stereocenters. The number of benzene rings is 1. The van der Waals surface area contributed by atoms with Gasteiger partial charge in [0.25, 0.3) is 0 Å². The molecule has 0 fully saturated rings. The van der Waals surface area contributed by atoms with Gasteiger partial charge in [0.1, 0.15) is 0 Å². The zero-order chi connectivity index (χ0) is 14.7. The van der Waals surface area contributed by atoms with Gasteiger partial charge in [-0.3, -0.25) is 0 Å². The molecule has 1 N–H and O–H groups in total. The monoisotopic (exact) mass is 315 g/mol. The summed E-state index contributed by atoms with van der Waals surface area (Å²) in [6, 6.07) is 10.6. The van der Waals surface area contributed by atoms with Gasteiger partial charge in [0, 0.05) is 28.3 Å². The fourth-order valence-electron chi connectivity index (χ4n) is 2.29. The van der Waals surface area contributed by atoms with Crippen molar-refractivity contribution in [2.24, 2.45) is 0 Å². The van der Waals surface area contributed by atoms with Crippen LogP contribution in [0.2, 0.25) is 0 Å². The van der Waals surface area contributed by atoms with Crippen molar-refractivity contribution in [1.82, 2.24) is 15.3 Å². The molecule has 5 heteroatoms. The number of likely N-dealkylation sites (N-methyl/N-ethyl adjacent to an activating group) is 1. The van der Waals surface area contributed by atoms with E-state index in [0.29, 0.717) is 0 Å². The number of nitrogens with zero attached hydrogens (tertiary/aromatic N) is 2. The van der Waals surface area contributed by atoms with Crippen LogP contribution in [-0.2, 0) is 6.42 Å². The Morgan fingerprint density at radius 3 is 2.67 bits per heavy atom. The van der Waals surface area contributed by atoms with Gasteiger partial charge in [-0.15, -0.1) is 22.7 Å². The van der Waals surface area contributed by atoms with E-state index in [1.54, 1.807) is 22.7 Å².